The van der Waals surface area contributed by atoms with E-state index < -0.39 is 10.0 Å². The summed E-state index contributed by atoms with van der Waals surface area (Å²) in [5.41, 5.74) is 0.211. The molecule has 0 spiro atoms. The minimum absolute atomic E-state index is 0.107. The van der Waals surface area contributed by atoms with Crippen LogP contribution in [0.2, 0.25) is 0 Å². The van der Waals surface area contributed by atoms with Crippen LogP contribution in [0.4, 0.5) is 0 Å². The molecule has 0 bridgehead atoms. The van der Waals surface area contributed by atoms with Crippen molar-refractivity contribution in [1.29, 1.82) is 5.26 Å². The second kappa shape index (κ2) is 5.46. The van der Waals surface area contributed by atoms with Crippen LogP contribution in [-0.4, -0.2) is 19.9 Å². The lowest BCUT2D eigenvalue weighted by atomic mass is 9.83. The Labute approximate surface area is 107 Å². The lowest BCUT2D eigenvalue weighted by Crippen LogP contribution is -2.27. The summed E-state index contributed by atoms with van der Waals surface area (Å²) in [7, 11) is -3.49. The molecule has 1 aliphatic rings. The molecule has 0 aromatic carbocycles. The maximum absolute atomic E-state index is 11.9. The molecule has 0 amide bonds. The third kappa shape index (κ3) is 3.06. The zero-order valence-electron chi connectivity index (χ0n) is 9.96. The van der Waals surface area contributed by atoms with Crippen molar-refractivity contribution < 1.29 is 8.42 Å². The van der Waals surface area contributed by atoms with Crippen LogP contribution in [0.5, 0.6) is 0 Å². The minimum atomic E-state index is -3.49. The molecule has 0 atom stereocenters. The van der Waals surface area contributed by atoms with Gasteiger partial charge in [0.15, 0.2) is 0 Å². The Morgan fingerprint density at radius 1 is 1.44 bits per heavy atom. The van der Waals surface area contributed by atoms with Crippen LogP contribution in [-0.2, 0) is 10.0 Å². The van der Waals surface area contributed by atoms with E-state index in [9.17, 15) is 8.42 Å². The van der Waals surface area contributed by atoms with Crippen LogP contribution in [0.15, 0.2) is 23.2 Å². The summed E-state index contributed by atoms with van der Waals surface area (Å²) in [6.07, 6.45) is 5.78. The second-order valence-electron chi connectivity index (χ2n) is 4.47. The van der Waals surface area contributed by atoms with E-state index in [2.05, 4.69) is 9.71 Å². The molecule has 1 N–H and O–H groups in total. The number of nitriles is 1. The van der Waals surface area contributed by atoms with E-state index in [1.807, 2.05) is 6.07 Å². The van der Waals surface area contributed by atoms with Crippen LogP contribution in [0.25, 0.3) is 0 Å². The van der Waals surface area contributed by atoms with Crippen molar-refractivity contribution in [2.45, 2.75) is 30.6 Å². The van der Waals surface area contributed by atoms with Crippen molar-refractivity contribution in [2.75, 3.05) is 6.54 Å². The van der Waals surface area contributed by atoms with Gasteiger partial charge in [-0.05, 0) is 24.5 Å². The maximum atomic E-state index is 11.9. The molecule has 6 heteroatoms. The van der Waals surface area contributed by atoms with Crippen LogP contribution < -0.4 is 4.72 Å². The number of sulfonamides is 1. The average molecular weight is 265 g/mol. The Morgan fingerprint density at radius 3 is 2.72 bits per heavy atom. The predicted molar refractivity (Wildman–Crippen MR) is 66.1 cm³/mol. The molecule has 1 aliphatic carbocycles. The van der Waals surface area contributed by atoms with Crippen LogP contribution in [0.1, 0.15) is 31.4 Å². The molecule has 18 heavy (non-hydrogen) atoms. The molecular formula is C12H15N3O2S. The molecule has 1 aromatic heterocycles. The zero-order valence-corrected chi connectivity index (χ0v) is 10.8. The van der Waals surface area contributed by atoms with Crippen molar-refractivity contribution in [3.05, 3.63) is 24.0 Å². The van der Waals surface area contributed by atoms with Crippen molar-refractivity contribution in [2.24, 2.45) is 5.92 Å². The summed E-state index contributed by atoms with van der Waals surface area (Å²) in [5.74, 6) is 0.673. The van der Waals surface area contributed by atoms with Gasteiger partial charge in [0.1, 0.15) is 16.7 Å². The van der Waals surface area contributed by atoms with Gasteiger partial charge >= 0.3 is 0 Å². The predicted octanol–water partition coefficient (Wildman–Crippen LogP) is 1.42. The van der Waals surface area contributed by atoms with Gasteiger partial charge in [0.05, 0.1) is 0 Å². The van der Waals surface area contributed by atoms with E-state index in [4.69, 9.17) is 5.26 Å². The fourth-order valence-electron chi connectivity index (χ4n) is 1.87. The van der Waals surface area contributed by atoms with Gasteiger partial charge in [-0.3, -0.25) is 0 Å². The van der Waals surface area contributed by atoms with E-state index in [1.54, 1.807) is 0 Å². The molecule has 0 aliphatic heterocycles. The van der Waals surface area contributed by atoms with Crippen LogP contribution >= 0.6 is 0 Å². The van der Waals surface area contributed by atoms with E-state index in [1.165, 1.54) is 37.6 Å². The van der Waals surface area contributed by atoms with Gasteiger partial charge in [-0.1, -0.05) is 19.3 Å². The van der Waals surface area contributed by atoms with E-state index in [0.29, 0.717) is 12.5 Å². The monoisotopic (exact) mass is 265 g/mol. The highest BCUT2D eigenvalue weighted by Gasteiger charge is 2.19. The van der Waals surface area contributed by atoms with E-state index >= 15 is 0 Å². The first-order chi connectivity index (χ1) is 8.62. The number of nitrogens with zero attached hydrogens (tertiary/aromatic N) is 2. The zero-order chi connectivity index (χ0) is 13.0. The number of nitrogens with one attached hydrogen (secondary N) is 1. The topological polar surface area (TPSA) is 82.8 Å². The molecule has 2 rings (SSSR count). The highest BCUT2D eigenvalue weighted by molar-refractivity contribution is 7.89. The Bertz CT molecular complexity index is 542. The van der Waals surface area contributed by atoms with Gasteiger partial charge in [0.25, 0.3) is 0 Å². The van der Waals surface area contributed by atoms with Gasteiger partial charge in [-0.15, -0.1) is 0 Å². The molecule has 0 unspecified atom stereocenters. The Morgan fingerprint density at radius 2 is 2.22 bits per heavy atom. The molecular weight excluding hydrogens is 250 g/mol. The Hall–Kier alpha value is -1.45. The molecule has 1 heterocycles. The van der Waals surface area contributed by atoms with Gasteiger partial charge < -0.3 is 0 Å². The first-order valence-corrected chi connectivity index (χ1v) is 7.46. The van der Waals surface area contributed by atoms with Gasteiger partial charge in [0.2, 0.25) is 10.0 Å². The summed E-state index contributed by atoms with van der Waals surface area (Å²) in [6.45, 7) is 0.465. The van der Waals surface area contributed by atoms with Crippen molar-refractivity contribution in [1.82, 2.24) is 9.71 Å². The van der Waals surface area contributed by atoms with Gasteiger partial charge in [-0.2, -0.15) is 5.26 Å². The number of aromatic nitrogens is 1. The number of hydrogen-bond donors (Lipinski definition) is 1. The van der Waals surface area contributed by atoms with Crippen LogP contribution in [0.3, 0.4) is 0 Å². The second-order valence-corrected chi connectivity index (χ2v) is 6.24. The Balaban J connectivity index is 1.94. The summed E-state index contributed by atoms with van der Waals surface area (Å²) in [4.78, 5) is 3.86. The highest BCUT2D eigenvalue weighted by atomic mass is 32.2. The van der Waals surface area contributed by atoms with Gasteiger partial charge in [0, 0.05) is 12.7 Å². The van der Waals surface area contributed by atoms with E-state index in [0.717, 1.165) is 6.42 Å². The lowest BCUT2D eigenvalue weighted by Gasteiger charge is -2.25. The first-order valence-electron chi connectivity index (χ1n) is 5.97. The summed E-state index contributed by atoms with van der Waals surface area (Å²) in [5, 5.41) is 8.59. The molecule has 96 valence electrons. The number of hydrogen-bond acceptors (Lipinski definition) is 4. The Kier molecular flexibility index (Phi) is 3.94. The largest absolute Gasteiger partial charge is 0.244 e. The molecule has 1 saturated carbocycles. The average Bonchev–Trinajstić information content (AvgIpc) is 2.32. The SMILES string of the molecule is N#Cc1ccc(S(=O)(=O)NCCC2CCC2)cn1. The number of pyridine rings is 1. The minimum Gasteiger partial charge on any atom is -0.244 e. The van der Waals surface area contributed by atoms with Gasteiger partial charge in [-0.25, -0.2) is 18.1 Å². The number of rotatable bonds is 5. The third-order valence-electron chi connectivity index (χ3n) is 3.23. The fourth-order valence-corrected chi connectivity index (χ4v) is 2.86. The molecule has 1 fully saturated rings. The molecule has 0 saturated heterocycles. The molecule has 5 nitrogen and oxygen atoms in total. The fraction of sp³-hybridized carbons (Fsp3) is 0.500. The van der Waals surface area contributed by atoms with Crippen molar-refractivity contribution in [3.8, 4) is 6.07 Å². The van der Waals surface area contributed by atoms with Crippen molar-refractivity contribution in [3.63, 3.8) is 0 Å². The van der Waals surface area contributed by atoms with Crippen molar-refractivity contribution >= 4 is 10.0 Å². The lowest BCUT2D eigenvalue weighted by molar-refractivity contribution is 0.297. The van der Waals surface area contributed by atoms with Crippen LogP contribution in [0, 0.1) is 17.2 Å². The quantitative estimate of drug-likeness (QED) is 0.872. The van der Waals surface area contributed by atoms with E-state index in [-0.39, 0.29) is 10.6 Å². The molecule has 1 aromatic rings. The standard InChI is InChI=1S/C12H15N3O2S/c13-8-11-4-5-12(9-14-11)18(16,17)15-7-6-10-2-1-3-10/h4-5,9-10,15H,1-3,6-7H2. The smallest absolute Gasteiger partial charge is 0.242 e. The molecule has 0 radical (unpaired) electrons. The maximum Gasteiger partial charge on any atom is 0.242 e. The summed E-state index contributed by atoms with van der Waals surface area (Å²) < 4.78 is 26.3. The normalized spacial score (nSPS) is 15.9. The first kappa shape index (κ1) is 13.0. The summed E-state index contributed by atoms with van der Waals surface area (Å²) in [6, 6.07) is 4.66. The highest BCUT2D eigenvalue weighted by Crippen LogP contribution is 2.28. The summed E-state index contributed by atoms with van der Waals surface area (Å²) >= 11 is 0. The third-order valence-corrected chi connectivity index (χ3v) is 4.68.